The molecule has 1 saturated heterocycles. The normalized spacial score (nSPS) is 21.4. The topological polar surface area (TPSA) is 47.4 Å². The van der Waals surface area contributed by atoms with Crippen molar-refractivity contribution in [3.63, 3.8) is 0 Å². The number of amides is 1. The Balaban J connectivity index is 1.71. The van der Waals surface area contributed by atoms with E-state index >= 15 is 0 Å². The number of hydrogen-bond acceptors (Lipinski definition) is 4. The highest BCUT2D eigenvalue weighted by Gasteiger charge is 2.31. The van der Waals surface area contributed by atoms with E-state index in [0.717, 1.165) is 10.7 Å². The summed E-state index contributed by atoms with van der Waals surface area (Å²) in [6.45, 7) is 3.18. The molecule has 122 valence electrons. The van der Waals surface area contributed by atoms with E-state index in [9.17, 15) is 4.79 Å². The minimum absolute atomic E-state index is 0.0122. The van der Waals surface area contributed by atoms with Crippen LogP contribution in [0, 0.1) is 0 Å². The lowest BCUT2D eigenvalue weighted by atomic mass is 10.0. The quantitative estimate of drug-likeness (QED) is 0.808. The van der Waals surface area contributed by atoms with Crippen molar-refractivity contribution in [2.75, 3.05) is 18.9 Å². The Labute approximate surface area is 140 Å². The summed E-state index contributed by atoms with van der Waals surface area (Å²) in [7, 11) is 1.93. The molecular formula is C17H21N3O2S. The number of aryl methyl sites for hydroxylation is 1. The average Bonchev–Trinajstić information content (AvgIpc) is 2.98. The second-order valence-electron chi connectivity index (χ2n) is 5.73. The van der Waals surface area contributed by atoms with Crippen LogP contribution in [0.3, 0.4) is 0 Å². The number of hydrogen-bond donors (Lipinski definition) is 0. The Hall–Kier alpha value is -1.79. The van der Waals surface area contributed by atoms with Gasteiger partial charge in [-0.1, -0.05) is 42.1 Å². The summed E-state index contributed by atoms with van der Waals surface area (Å²) in [5.41, 5.74) is 1.12. The van der Waals surface area contributed by atoms with Gasteiger partial charge in [0.2, 0.25) is 5.91 Å². The van der Waals surface area contributed by atoms with Gasteiger partial charge in [-0.25, -0.2) is 4.98 Å². The third-order valence-electron chi connectivity index (χ3n) is 3.98. The smallest absolute Gasteiger partial charge is 0.233 e. The zero-order valence-electron chi connectivity index (χ0n) is 13.4. The zero-order valence-corrected chi connectivity index (χ0v) is 14.2. The summed E-state index contributed by atoms with van der Waals surface area (Å²) < 4.78 is 7.70. The molecule has 0 bridgehead atoms. The molecule has 6 heteroatoms. The van der Waals surface area contributed by atoms with Crippen LogP contribution >= 0.6 is 11.8 Å². The van der Waals surface area contributed by atoms with Gasteiger partial charge in [0.1, 0.15) is 0 Å². The van der Waals surface area contributed by atoms with Crippen LogP contribution in [0.5, 0.6) is 0 Å². The van der Waals surface area contributed by atoms with E-state index in [1.807, 2.05) is 47.8 Å². The first kappa shape index (κ1) is 16.1. The number of thioether (sulfide) groups is 1. The molecule has 2 heterocycles. The van der Waals surface area contributed by atoms with Crippen molar-refractivity contribution < 1.29 is 9.53 Å². The minimum Gasteiger partial charge on any atom is -0.374 e. The number of carbonyl (C=O) groups excluding carboxylic acids is 1. The predicted molar refractivity (Wildman–Crippen MR) is 90.2 cm³/mol. The van der Waals surface area contributed by atoms with Crippen LogP contribution < -0.4 is 0 Å². The number of morpholine rings is 1. The number of rotatable bonds is 4. The molecule has 1 aliphatic heterocycles. The number of ether oxygens (including phenoxy) is 1. The lowest BCUT2D eigenvalue weighted by Crippen LogP contribution is -2.47. The molecule has 3 rings (SSSR count). The lowest BCUT2D eigenvalue weighted by molar-refractivity contribution is -0.141. The maximum atomic E-state index is 12.7. The number of imidazole rings is 1. The van der Waals surface area contributed by atoms with Crippen LogP contribution in [0.2, 0.25) is 0 Å². The number of nitrogens with zero attached hydrogens (tertiary/aromatic N) is 3. The average molecular weight is 331 g/mol. The van der Waals surface area contributed by atoms with Crippen LogP contribution in [-0.4, -0.2) is 45.4 Å². The first-order valence-electron chi connectivity index (χ1n) is 7.71. The first-order valence-corrected chi connectivity index (χ1v) is 8.70. The van der Waals surface area contributed by atoms with Crippen molar-refractivity contribution in [1.29, 1.82) is 0 Å². The summed E-state index contributed by atoms with van der Waals surface area (Å²) in [6, 6.07) is 10.1. The fraction of sp³-hybridized carbons (Fsp3) is 0.412. The molecule has 1 fully saturated rings. The molecule has 0 spiro atoms. The molecule has 2 aromatic rings. The summed E-state index contributed by atoms with van der Waals surface area (Å²) >= 11 is 1.47. The predicted octanol–water partition coefficient (Wildman–Crippen LogP) is 2.50. The number of aromatic nitrogens is 2. The highest BCUT2D eigenvalue weighted by Crippen LogP contribution is 2.27. The maximum Gasteiger partial charge on any atom is 0.233 e. The molecule has 0 N–H and O–H groups in total. The molecule has 5 nitrogen and oxygen atoms in total. The van der Waals surface area contributed by atoms with Gasteiger partial charge in [-0.2, -0.15) is 0 Å². The van der Waals surface area contributed by atoms with E-state index in [-0.39, 0.29) is 18.1 Å². The van der Waals surface area contributed by atoms with Gasteiger partial charge >= 0.3 is 0 Å². The highest BCUT2D eigenvalue weighted by molar-refractivity contribution is 7.99. The monoisotopic (exact) mass is 331 g/mol. The van der Waals surface area contributed by atoms with Gasteiger partial charge in [-0.15, -0.1) is 0 Å². The van der Waals surface area contributed by atoms with E-state index in [1.165, 1.54) is 11.8 Å². The molecule has 1 aliphatic rings. The second kappa shape index (κ2) is 7.19. The van der Waals surface area contributed by atoms with Crippen molar-refractivity contribution in [3.8, 4) is 0 Å². The minimum atomic E-state index is -0.0122. The fourth-order valence-corrected chi connectivity index (χ4v) is 3.55. The third kappa shape index (κ3) is 3.76. The molecular weight excluding hydrogens is 310 g/mol. The summed E-state index contributed by atoms with van der Waals surface area (Å²) in [5, 5.41) is 0.857. The number of benzene rings is 1. The molecule has 1 aromatic carbocycles. The van der Waals surface area contributed by atoms with E-state index < -0.39 is 0 Å². The van der Waals surface area contributed by atoms with Crippen molar-refractivity contribution in [2.24, 2.45) is 7.05 Å². The third-order valence-corrected chi connectivity index (χ3v) is 5.02. The van der Waals surface area contributed by atoms with Crippen LogP contribution in [-0.2, 0) is 16.6 Å². The Morgan fingerprint density at radius 3 is 2.87 bits per heavy atom. The van der Waals surface area contributed by atoms with Gasteiger partial charge in [-0.3, -0.25) is 4.79 Å². The highest BCUT2D eigenvalue weighted by atomic mass is 32.2. The van der Waals surface area contributed by atoms with Gasteiger partial charge in [0.15, 0.2) is 5.16 Å². The zero-order chi connectivity index (χ0) is 16.2. The van der Waals surface area contributed by atoms with Gasteiger partial charge in [0.05, 0.1) is 24.5 Å². The molecule has 23 heavy (non-hydrogen) atoms. The standard InChI is InChI=1S/C17H21N3O2S/c1-13-10-20(15(11-22-13)14-6-4-3-5-7-14)16(21)12-23-17-18-8-9-19(17)2/h3-9,13,15H,10-12H2,1-2H3/t13-,15+/m0/s1. The first-order chi connectivity index (χ1) is 11.1. The molecule has 1 amide bonds. The number of carbonyl (C=O) groups is 1. The molecule has 0 aliphatic carbocycles. The SMILES string of the molecule is C[C@H]1CN(C(=O)CSc2nccn2C)[C@@H](c2ccccc2)CO1. The molecule has 0 saturated carbocycles. The van der Waals surface area contributed by atoms with Gasteiger partial charge < -0.3 is 14.2 Å². The van der Waals surface area contributed by atoms with Gasteiger partial charge in [0, 0.05) is 26.0 Å². The van der Waals surface area contributed by atoms with Crippen LogP contribution in [0.25, 0.3) is 0 Å². The molecule has 0 radical (unpaired) electrons. The van der Waals surface area contributed by atoms with E-state index in [1.54, 1.807) is 6.20 Å². The molecule has 1 aromatic heterocycles. The van der Waals surface area contributed by atoms with Crippen molar-refractivity contribution in [3.05, 3.63) is 48.3 Å². The molecule has 0 unspecified atom stereocenters. The van der Waals surface area contributed by atoms with Crippen LogP contribution in [0.4, 0.5) is 0 Å². The summed E-state index contributed by atoms with van der Waals surface area (Å²) in [6.07, 6.45) is 3.70. The Morgan fingerprint density at radius 2 is 2.17 bits per heavy atom. The maximum absolute atomic E-state index is 12.7. The van der Waals surface area contributed by atoms with E-state index in [4.69, 9.17) is 4.74 Å². The van der Waals surface area contributed by atoms with Gasteiger partial charge in [-0.05, 0) is 12.5 Å². The lowest BCUT2D eigenvalue weighted by Gasteiger charge is -2.39. The van der Waals surface area contributed by atoms with Crippen molar-refractivity contribution >= 4 is 17.7 Å². The van der Waals surface area contributed by atoms with Crippen LogP contribution in [0.15, 0.2) is 47.9 Å². The van der Waals surface area contributed by atoms with Gasteiger partial charge in [0.25, 0.3) is 0 Å². The summed E-state index contributed by atoms with van der Waals surface area (Å²) in [4.78, 5) is 18.9. The Bertz CT molecular complexity index is 659. The van der Waals surface area contributed by atoms with E-state index in [2.05, 4.69) is 17.1 Å². The Morgan fingerprint density at radius 1 is 1.39 bits per heavy atom. The summed E-state index contributed by atoms with van der Waals surface area (Å²) in [5.74, 6) is 0.517. The Kier molecular flexibility index (Phi) is 5.03. The van der Waals surface area contributed by atoms with Crippen LogP contribution in [0.1, 0.15) is 18.5 Å². The fourth-order valence-electron chi connectivity index (χ4n) is 2.73. The molecule has 2 atom stereocenters. The second-order valence-corrected chi connectivity index (χ2v) is 6.67. The van der Waals surface area contributed by atoms with Crippen molar-refractivity contribution in [1.82, 2.24) is 14.5 Å². The largest absolute Gasteiger partial charge is 0.374 e. The van der Waals surface area contributed by atoms with E-state index in [0.29, 0.717) is 18.9 Å². The van der Waals surface area contributed by atoms with Crippen molar-refractivity contribution in [2.45, 2.75) is 24.2 Å².